The average Bonchev–Trinajstić information content (AvgIpc) is 2.82. The lowest BCUT2D eigenvalue weighted by Crippen LogP contribution is -2.22. The Balaban J connectivity index is 1.89. The zero-order valence-corrected chi connectivity index (χ0v) is 14.3. The van der Waals surface area contributed by atoms with E-state index in [0.29, 0.717) is 0 Å². The van der Waals surface area contributed by atoms with E-state index in [0.717, 1.165) is 33.0 Å². The van der Waals surface area contributed by atoms with Gasteiger partial charge in [-0.05, 0) is 68.2 Å². The largest absolute Gasteiger partial charge is 0.494 e. The van der Waals surface area contributed by atoms with Crippen molar-refractivity contribution in [2.45, 2.75) is 24.6 Å². The number of ether oxygens (including phenoxy) is 1. The molecular formula is C13H17Br2NOS. The monoisotopic (exact) mass is 393 g/mol. The molecule has 1 fully saturated rings. The van der Waals surface area contributed by atoms with Crippen molar-refractivity contribution in [1.29, 1.82) is 0 Å². The molecule has 0 amide bonds. The van der Waals surface area contributed by atoms with Gasteiger partial charge in [0.15, 0.2) is 0 Å². The highest BCUT2D eigenvalue weighted by Crippen LogP contribution is 2.34. The van der Waals surface area contributed by atoms with E-state index in [2.05, 4.69) is 61.1 Å². The third-order valence-electron chi connectivity index (χ3n) is 2.99. The van der Waals surface area contributed by atoms with Crippen LogP contribution >= 0.6 is 43.6 Å². The molecule has 0 aliphatic carbocycles. The highest BCUT2D eigenvalue weighted by Gasteiger charge is 2.15. The Labute approximate surface area is 130 Å². The van der Waals surface area contributed by atoms with Gasteiger partial charge >= 0.3 is 0 Å². The molecule has 1 aliphatic heterocycles. The Morgan fingerprint density at radius 1 is 1.39 bits per heavy atom. The normalized spacial score (nSPS) is 19.2. The van der Waals surface area contributed by atoms with E-state index in [9.17, 15) is 0 Å². The first kappa shape index (κ1) is 14.7. The van der Waals surface area contributed by atoms with Crippen molar-refractivity contribution in [2.24, 2.45) is 0 Å². The van der Waals surface area contributed by atoms with Crippen molar-refractivity contribution in [1.82, 2.24) is 5.32 Å². The van der Waals surface area contributed by atoms with Gasteiger partial charge in [0.1, 0.15) is 5.75 Å². The van der Waals surface area contributed by atoms with Crippen LogP contribution in [0, 0.1) is 0 Å². The van der Waals surface area contributed by atoms with Crippen LogP contribution in [-0.4, -0.2) is 24.7 Å². The fourth-order valence-corrected chi connectivity index (χ4v) is 4.93. The van der Waals surface area contributed by atoms with Gasteiger partial charge in [0, 0.05) is 18.3 Å². The third kappa shape index (κ3) is 3.89. The van der Waals surface area contributed by atoms with Crippen molar-refractivity contribution < 1.29 is 4.74 Å². The zero-order valence-electron chi connectivity index (χ0n) is 10.3. The molecule has 1 saturated heterocycles. The quantitative estimate of drug-likeness (QED) is 0.808. The fourth-order valence-electron chi connectivity index (χ4n) is 2.09. The molecule has 1 aliphatic rings. The maximum Gasteiger partial charge on any atom is 0.147 e. The minimum Gasteiger partial charge on any atom is -0.494 e. The van der Waals surface area contributed by atoms with E-state index in [1.165, 1.54) is 24.2 Å². The molecule has 1 aromatic carbocycles. The molecule has 2 nitrogen and oxygen atoms in total. The number of methoxy groups -OCH3 is 1. The smallest absolute Gasteiger partial charge is 0.147 e. The molecule has 18 heavy (non-hydrogen) atoms. The van der Waals surface area contributed by atoms with E-state index >= 15 is 0 Å². The van der Waals surface area contributed by atoms with Crippen LogP contribution in [0.1, 0.15) is 18.4 Å². The maximum absolute atomic E-state index is 5.30. The summed E-state index contributed by atoms with van der Waals surface area (Å²) in [6, 6.07) is 4.22. The summed E-state index contributed by atoms with van der Waals surface area (Å²) in [5.41, 5.74) is 1.26. The van der Waals surface area contributed by atoms with E-state index in [4.69, 9.17) is 4.74 Å². The topological polar surface area (TPSA) is 21.3 Å². The van der Waals surface area contributed by atoms with Gasteiger partial charge in [0.05, 0.1) is 16.1 Å². The van der Waals surface area contributed by atoms with Gasteiger partial charge in [-0.3, -0.25) is 0 Å². The van der Waals surface area contributed by atoms with Crippen LogP contribution in [-0.2, 0) is 6.54 Å². The number of thioether (sulfide) groups is 1. The summed E-state index contributed by atoms with van der Waals surface area (Å²) < 4.78 is 7.28. The number of rotatable bonds is 5. The fraction of sp³-hybridized carbons (Fsp3) is 0.538. The summed E-state index contributed by atoms with van der Waals surface area (Å²) >= 11 is 9.15. The SMILES string of the molecule is COc1c(Br)cc(CNCC2CCCS2)cc1Br. The second kappa shape index (κ2) is 7.17. The second-order valence-electron chi connectivity index (χ2n) is 4.36. The van der Waals surface area contributed by atoms with Gasteiger partial charge in [-0.15, -0.1) is 0 Å². The van der Waals surface area contributed by atoms with E-state index < -0.39 is 0 Å². The first-order valence-electron chi connectivity index (χ1n) is 6.05. The average molecular weight is 395 g/mol. The number of hydrogen-bond acceptors (Lipinski definition) is 3. The molecule has 1 unspecified atom stereocenters. The summed E-state index contributed by atoms with van der Waals surface area (Å²) in [5, 5.41) is 4.33. The zero-order chi connectivity index (χ0) is 13.0. The molecule has 0 radical (unpaired) electrons. The van der Waals surface area contributed by atoms with Gasteiger partial charge in [-0.25, -0.2) is 0 Å². The van der Waals surface area contributed by atoms with E-state index in [1.807, 2.05) is 0 Å². The van der Waals surface area contributed by atoms with Gasteiger partial charge in [-0.1, -0.05) is 0 Å². The van der Waals surface area contributed by atoms with E-state index in [-0.39, 0.29) is 0 Å². The molecule has 0 saturated carbocycles. The van der Waals surface area contributed by atoms with Crippen LogP contribution in [0.3, 0.4) is 0 Å². The van der Waals surface area contributed by atoms with E-state index in [1.54, 1.807) is 7.11 Å². The Bertz CT molecular complexity index is 385. The van der Waals surface area contributed by atoms with Crippen molar-refractivity contribution in [3.05, 3.63) is 26.6 Å². The number of hydrogen-bond donors (Lipinski definition) is 1. The Hall–Kier alpha value is 0.290. The molecule has 2 rings (SSSR count). The van der Waals surface area contributed by atoms with Crippen molar-refractivity contribution >= 4 is 43.6 Å². The summed E-state index contributed by atoms with van der Waals surface area (Å²) in [4.78, 5) is 0. The van der Waals surface area contributed by atoms with Crippen molar-refractivity contribution in [3.8, 4) is 5.75 Å². The number of halogens is 2. The predicted octanol–water partition coefficient (Wildman–Crippen LogP) is 4.21. The molecule has 5 heteroatoms. The summed E-state index contributed by atoms with van der Waals surface area (Å²) in [6.45, 7) is 2.00. The highest BCUT2D eigenvalue weighted by atomic mass is 79.9. The molecule has 100 valence electrons. The minimum absolute atomic E-state index is 0.801. The standard InChI is InChI=1S/C13H17Br2NOS/c1-17-13-11(14)5-9(6-12(13)15)7-16-8-10-3-2-4-18-10/h5-6,10,16H,2-4,7-8H2,1H3. The van der Waals surface area contributed by atoms with Gasteiger partial charge < -0.3 is 10.1 Å². The first-order chi connectivity index (χ1) is 8.70. The van der Waals surface area contributed by atoms with Crippen molar-refractivity contribution in [2.75, 3.05) is 19.4 Å². The maximum atomic E-state index is 5.30. The Kier molecular flexibility index (Phi) is 5.86. The molecule has 1 heterocycles. The van der Waals surface area contributed by atoms with Crippen LogP contribution in [0.25, 0.3) is 0 Å². The van der Waals surface area contributed by atoms with Crippen molar-refractivity contribution in [3.63, 3.8) is 0 Å². The van der Waals surface area contributed by atoms with Crippen LogP contribution in [0.4, 0.5) is 0 Å². The number of nitrogens with one attached hydrogen (secondary N) is 1. The predicted molar refractivity (Wildman–Crippen MR) is 85.6 cm³/mol. The van der Waals surface area contributed by atoms with Gasteiger partial charge in [0.2, 0.25) is 0 Å². The Morgan fingerprint density at radius 2 is 2.11 bits per heavy atom. The molecule has 0 aromatic heterocycles. The lowest BCUT2D eigenvalue weighted by molar-refractivity contribution is 0.409. The van der Waals surface area contributed by atoms with Crippen LogP contribution in [0.15, 0.2) is 21.1 Å². The lowest BCUT2D eigenvalue weighted by atomic mass is 10.2. The number of benzene rings is 1. The van der Waals surface area contributed by atoms with Crippen LogP contribution < -0.4 is 10.1 Å². The van der Waals surface area contributed by atoms with Gasteiger partial charge in [0.25, 0.3) is 0 Å². The molecule has 1 atom stereocenters. The second-order valence-corrected chi connectivity index (χ2v) is 7.48. The molecule has 1 aromatic rings. The van der Waals surface area contributed by atoms with Gasteiger partial charge in [-0.2, -0.15) is 11.8 Å². The lowest BCUT2D eigenvalue weighted by Gasteiger charge is -2.12. The minimum atomic E-state index is 0.801. The Morgan fingerprint density at radius 3 is 2.67 bits per heavy atom. The summed E-state index contributed by atoms with van der Waals surface area (Å²) in [6.07, 6.45) is 2.73. The summed E-state index contributed by atoms with van der Waals surface area (Å²) in [5.74, 6) is 2.18. The highest BCUT2D eigenvalue weighted by molar-refractivity contribution is 9.11. The molecule has 0 bridgehead atoms. The van der Waals surface area contributed by atoms with Crippen LogP contribution in [0.5, 0.6) is 5.75 Å². The van der Waals surface area contributed by atoms with Crippen LogP contribution in [0.2, 0.25) is 0 Å². The molecular weight excluding hydrogens is 378 g/mol. The third-order valence-corrected chi connectivity index (χ3v) is 5.56. The first-order valence-corrected chi connectivity index (χ1v) is 8.68. The summed E-state index contributed by atoms with van der Waals surface area (Å²) in [7, 11) is 1.68. The molecule has 1 N–H and O–H groups in total. The molecule has 0 spiro atoms.